The molecule has 0 unspecified atom stereocenters. The first-order valence-electron chi connectivity index (χ1n) is 8.43. The van der Waals surface area contributed by atoms with E-state index in [1.54, 1.807) is 12.1 Å². The van der Waals surface area contributed by atoms with Crippen molar-refractivity contribution in [1.82, 2.24) is 15.2 Å². The summed E-state index contributed by atoms with van der Waals surface area (Å²) in [6.07, 6.45) is 0. The molecule has 26 heavy (non-hydrogen) atoms. The van der Waals surface area contributed by atoms with Gasteiger partial charge in [0.25, 0.3) is 5.91 Å². The molecule has 6 nitrogen and oxygen atoms in total. The van der Waals surface area contributed by atoms with E-state index in [0.717, 1.165) is 5.56 Å². The fourth-order valence-electron chi connectivity index (χ4n) is 2.40. The summed E-state index contributed by atoms with van der Waals surface area (Å²) in [5.74, 6) is 1.14. The van der Waals surface area contributed by atoms with Crippen LogP contribution in [0.2, 0.25) is 0 Å². The molecule has 0 radical (unpaired) electrons. The Morgan fingerprint density at radius 1 is 1.08 bits per heavy atom. The van der Waals surface area contributed by atoms with Gasteiger partial charge < -0.3 is 4.74 Å². The van der Waals surface area contributed by atoms with Gasteiger partial charge in [0, 0.05) is 5.56 Å². The molecular formula is C20H22N4O2. The van der Waals surface area contributed by atoms with Crippen LogP contribution in [0.3, 0.4) is 0 Å². The van der Waals surface area contributed by atoms with Crippen LogP contribution in [0.5, 0.6) is 5.75 Å². The highest BCUT2D eigenvalue weighted by Gasteiger charge is 2.14. The van der Waals surface area contributed by atoms with Crippen LogP contribution < -0.4 is 10.1 Å². The third kappa shape index (κ3) is 4.47. The monoisotopic (exact) mass is 350 g/mol. The quantitative estimate of drug-likeness (QED) is 0.734. The number of hydrogen-bond acceptors (Lipinski definition) is 4. The first-order chi connectivity index (χ1) is 12.4. The highest BCUT2D eigenvalue weighted by atomic mass is 16.5. The number of amides is 1. The second-order valence-corrected chi connectivity index (χ2v) is 6.98. The number of nitrogens with one attached hydrogen (secondary N) is 2. The first-order valence-corrected chi connectivity index (χ1v) is 8.43. The largest absolute Gasteiger partial charge is 0.484 e. The van der Waals surface area contributed by atoms with Crippen LogP contribution in [-0.4, -0.2) is 27.7 Å². The van der Waals surface area contributed by atoms with Crippen molar-refractivity contribution in [2.24, 2.45) is 0 Å². The SMILES string of the molecule is CC(C)(C)c1ccc(-c2nc(NC(=O)COc3ccccc3)n[nH]2)cc1. The number of ether oxygens (including phenoxy) is 1. The number of para-hydroxylation sites is 1. The molecule has 0 saturated heterocycles. The average molecular weight is 350 g/mol. The molecule has 0 saturated carbocycles. The van der Waals surface area contributed by atoms with E-state index < -0.39 is 0 Å². The number of H-pyrrole nitrogens is 1. The number of aromatic nitrogens is 3. The van der Waals surface area contributed by atoms with Crippen molar-refractivity contribution >= 4 is 11.9 Å². The van der Waals surface area contributed by atoms with Gasteiger partial charge in [-0.15, -0.1) is 5.10 Å². The number of anilines is 1. The average Bonchev–Trinajstić information content (AvgIpc) is 3.09. The van der Waals surface area contributed by atoms with Crippen LogP contribution in [0.25, 0.3) is 11.4 Å². The molecule has 2 aromatic carbocycles. The van der Waals surface area contributed by atoms with Crippen molar-refractivity contribution in [2.45, 2.75) is 26.2 Å². The van der Waals surface area contributed by atoms with Crippen molar-refractivity contribution in [1.29, 1.82) is 0 Å². The lowest BCUT2D eigenvalue weighted by molar-refractivity contribution is -0.118. The molecular weight excluding hydrogens is 328 g/mol. The zero-order valence-corrected chi connectivity index (χ0v) is 15.1. The zero-order valence-electron chi connectivity index (χ0n) is 15.1. The summed E-state index contributed by atoms with van der Waals surface area (Å²) >= 11 is 0. The van der Waals surface area contributed by atoms with Gasteiger partial charge in [-0.05, 0) is 23.1 Å². The van der Waals surface area contributed by atoms with Gasteiger partial charge in [-0.1, -0.05) is 63.2 Å². The molecule has 0 spiro atoms. The van der Waals surface area contributed by atoms with Crippen molar-refractivity contribution < 1.29 is 9.53 Å². The van der Waals surface area contributed by atoms with E-state index in [0.29, 0.717) is 11.6 Å². The van der Waals surface area contributed by atoms with Crippen molar-refractivity contribution in [3.63, 3.8) is 0 Å². The lowest BCUT2D eigenvalue weighted by Gasteiger charge is -2.18. The number of hydrogen-bond donors (Lipinski definition) is 2. The Labute approximate surface area is 152 Å². The van der Waals surface area contributed by atoms with Gasteiger partial charge in [-0.25, -0.2) is 0 Å². The number of rotatable bonds is 5. The number of nitrogens with zero attached hydrogens (tertiary/aromatic N) is 2. The van der Waals surface area contributed by atoms with E-state index in [2.05, 4.69) is 53.4 Å². The molecule has 0 atom stereocenters. The van der Waals surface area contributed by atoms with Gasteiger partial charge >= 0.3 is 0 Å². The predicted octanol–water partition coefficient (Wildman–Crippen LogP) is 3.79. The maximum absolute atomic E-state index is 12.0. The summed E-state index contributed by atoms with van der Waals surface area (Å²) in [6.45, 7) is 6.40. The molecule has 3 rings (SSSR count). The standard InChI is InChI=1S/C20H22N4O2/c1-20(2,3)15-11-9-14(10-12-15)18-22-19(24-23-18)21-17(25)13-26-16-7-5-4-6-8-16/h4-12H,13H2,1-3H3,(H2,21,22,23,24,25). The topological polar surface area (TPSA) is 79.9 Å². The molecule has 0 bridgehead atoms. The lowest BCUT2D eigenvalue weighted by atomic mass is 9.87. The molecule has 1 amide bonds. The summed E-state index contributed by atoms with van der Waals surface area (Å²) in [5.41, 5.74) is 2.25. The lowest BCUT2D eigenvalue weighted by Crippen LogP contribution is -2.20. The van der Waals surface area contributed by atoms with Crippen molar-refractivity contribution in [2.75, 3.05) is 11.9 Å². The Hall–Kier alpha value is -3.15. The summed E-state index contributed by atoms with van der Waals surface area (Å²) in [4.78, 5) is 16.3. The Morgan fingerprint density at radius 3 is 2.42 bits per heavy atom. The van der Waals surface area contributed by atoms with E-state index in [1.165, 1.54) is 5.56 Å². The first kappa shape index (κ1) is 17.7. The number of benzene rings is 2. The summed E-state index contributed by atoms with van der Waals surface area (Å²) < 4.78 is 5.40. The van der Waals surface area contributed by atoms with Gasteiger partial charge in [0.2, 0.25) is 5.95 Å². The molecule has 1 heterocycles. The molecule has 0 aliphatic rings. The smallest absolute Gasteiger partial charge is 0.264 e. The van der Waals surface area contributed by atoms with E-state index >= 15 is 0 Å². The third-order valence-electron chi connectivity index (χ3n) is 3.87. The molecule has 3 aromatic rings. The summed E-state index contributed by atoms with van der Waals surface area (Å²) in [5, 5.41) is 9.50. The van der Waals surface area contributed by atoms with Crippen LogP contribution in [0, 0.1) is 0 Å². The highest BCUT2D eigenvalue weighted by Crippen LogP contribution is 2.25. The van der Waals surface area contributed by atoms with Gasteiger partial charge in [-0.3, -0.25) is 15.2 Å². The van der Waals surface area contributed by atoms with Crippen molar-refractivity contribution in [3.05, 3.63) is 60.2 Å². The minimum atomic E-state index is -0.317. The third-order valence-corrected chi connectivity index (χ3v) is 3.87. The molecule has 134 valence electrons. The van der Waals surface area contributed by atoms with E-state index in [-0.39, 0.29) is 23.9 Å². The molecule has 2 N–H and O–H groups in total. The van der Waals surface area contributed by atoms with E-state index in [4.69, 9.17) is 4.74 Å². The van der Waals surface area contributed by atoms with Crippen LogP contribution in [0.1, 0.15) is 26.3 Å². The number of carbonyl (C=O) groups is 1. The summed E-state index contributed by atoms with van der Waals surface area (Å²) in [7, 11) is 0. The Morgan fingerprint density at radius 2 is 1.77 bits per heavy atom. The summed E-state index contributed by atoms with van der Waals surface area (Å²) in [6, 6.07) is 17.3. The fourth-order valence-corrected chi connectivity index (χ4v) is 2.40. The fraction of sp³-hybridized carbons (Fsp3) is 0.250. The number of aromatic amines is 1. The van der Waals surface area contributed by atoms with Gasteiger partial charge in [0.1, 0.15) is 5.75 Å². The maximum atomic E-state index is 12.0. The Kier molecular flexibility index (Phi) is 5.02. The molecule has 6 heteroatoms. The van der Waals surface area contributed by atoms with Gasteiger partial charge in [-0.2, -0.15) is 4.98 Å². The molecule has 0 aliphatic carbocycles. The second-order valence-electron chi connectivity index (χ2n) is 6.98. The second kappa shape index (κ2) is 7.39. The molecule has 0 aliphatic heterocycles. The minimum absolute atomic E-state index is 0.0951. The Bertz CT molecular complexity index is 865. The maximum Gasteiger partial charge on any atom is 0.264 e. The van der Waals surface area contributed by atoms with E-state index in [1.807, 2.05) is 30.3 Å². The van der Waals surface area contributed by atoms with Gasteiger partial charge in [0.15, 0.2) is 12.4 Å². The normalized spacial score (nSPS) is 11.2. The van der Waals surface area contributed by atoms with Crippen LogP contribution in [0.15, 0.2) is 54.6 Å². The Balaban J connectivity index is 1.60. The van der Waals surface area contributed by atoms with Crippen LogP contribution in [-0.2, 0) is 10.2 Å². The molecule has 0 fully saturated rings. The van der Waals surface area contributed by atoms with Gasteiger partial charge in [0.05, 0.1) is 0 Å². The molecule has 1 aromatic heterocycles. The van der Waals surface area contributed by atoms with Crippen LogP contribution >= 0.6 is 0 Å². The van der Waals surface area contributed by atoms with Crippen molar-refractivity contribution in [3.8, 4) is 17.1 Å². The number of carbonyl (C=O) groups excluding carboxylic acids is 1. The van der Waals surface area contributed by atoms with Crippen LogP contribution in [0.4, 0.5) is 5.95 Å². The predicted molar refractivity (Wildman–Crippen MR) is 101 cm³/mol. The minimum Gasteiger partial charge on any atom is -0.484 e. The zero-order chi connectivity index (χ0) is 18.6. The van der Waals surface area contributed by atoms with E-state index in [9.17, 15) is 4.79 Å². The highest BCUT2D eigenvalue weighted by molar-refractivity contribution is 5.90.